The molecule has 0 radical (unpaired) electrons. The molecule has 0 spiro atoms. The van der Waals surface area contributed by atoms with E-state index >= 15 is 0 Å². The Bertz CT molecular complexity index is 1470. The highest BCUT2D eigenvalue weighted by Gasteiger charge is 2.24. The summed E-state index contributed by atoms with van der Waals surface area (Å²) in [6.45, 7) is 6.64. The van der Waals surface area contributed by atoms with Gasteiger partial charge in [0.1, 0.15) is 22.7 Å². The monoisotopic (exact) mass is 548 g/mol. The Labute approximate surface area is 230 Å². The molecule has 208 valence electrons. The van der Waals surface area contributed by atoms with Gasteiger partial charge in [0.2, 0.25) is 5.88 Å². The highest BCUT2D eigenvalue weighted by atomic mass is 19.1. The van der Waals surface area contributed by atoms with Gasteiger partial charge in [0.15, 0.2) is 11.8 Å². The fourth-order valence-electron chi connectivity index (χ4n) is 3.56. The minimum atomic E-state index is -0.929. The molecule has 4 aromatic rings. The first-order valence-electron chi connectivity index (χ1n) is 12.5. The van der Waals surface area contributed by atoms with Crippen molar-refractivity contribution in [2.24, 2.45) is 0 Å². The second-order valence-electron chi connectivity index (χ2n) is 9.87. The van der Waals surface area contributed by atoms with Crippen molar-refractivity contribution in [3.63, 3.8) is 0 Å². The van der Waals surface area contributed by atoms with Gasteiger partial charge in [-0.15, -0.1) is 0 Å². The number of ether oxygens (including phenoxy) is 3. The van der Waals surface area contributed by atoms with Crippen LogP contribution in [0.1, 0.15) is 54.9 Å². The molecule has 1 atom stereocenters. The van der Waals surface area contributed by atoms with Gasteiger partial charge < -0.3 is 19.5 Å². The van der Waals surface area contributed by atoms with Gasteiger partial charge >= 0.3 is 5.97 Å². The summed E-state index contributed by atoms with van der Waals surface area (Å²) in [7, 11) is 0. The van der Waals surface area contributed by atoms with Crippen molar-refractivity contribution in [3.05, 3.63) is 95.1 Å². The molecule has 0 aliphatic carbocycles. The van der Waals surface area contributed by atoms with Crippen molar-refractivity contribution in [2.45, 2.75) is 52.4 Å². The lowest BCUT2D eigenvalue weighted by Crippen LogP contribution is -2.33. The van der Waals surface area contributed by atoms with E-state index in [0.29, 0.717) is 12.1 Å². The molecule has 1 amide bonds. The molecule has 0 saturated carbocycles. The van der Waals surface area contributed by atoms with E-state index in [4.69, 9.17) is 18.8 Å². The van der Waals surface area contributed by atoms with Gasteiger partial charge in [-0.2, -0.15) is 0 Å². The fraction of sp³-hybridized carbons (Fsp3) is 0.276. The molecule has 1 unspecified atom stereocenters. The van der Waals surface area contributed by atoms with E-state index in [2.05, 4.69) is 20.6 Å². The number of nitrogens with zero attached hydrogens (tertiary/aromatic N) is 3. The Morgan fingerprint density at radius 2 is 1.80 bits per heavy atom. The number of hydrogen-bond acceptors (Lipinski definition) is 9. The van der Waals surface area contributed by atoms with Gasteiger partial charge in [0.25, 0.3) is 11.8 Å². The molecule has 11 heteroatoms. The van der Waals surface area contributed by atoms with Crippen LogP contribution in [-0.4, -0.2) is 38.9 Å². The van der Waals surface area contributed by atoms with E-state index in [1.54, 1.807) is 26.8 Å². The number of pyridine rings is 1. The van der Waals surface area contributed by atoms with Crippen LogP contribution in [0, 0.1) is 5.82 Å². The highest BCUT2D eigenvalue weighted by molar-refractivity contribution is 5.96. The van der Waals surface area contributed by atoms with Crippen molar-refractivity contribution < 1.29 is 32.8 Å². The largest absolute Gasteiger partial charge is 0.479 e. The quantitative estimate of drug-likeness (QED) is 0.272. The van der Waals surface area contributed by atoms with Crippen LogP contribution in [0.15, 0.2) is 71.5 Å². The fourth-order valence-corrected chi connectivity index (χ4v) is 3.56. The summed E-state index contributed by atoms with van der Waals surface area (Å²) in [5, 5.41) is 10.4. The SMILES string of the molecule is CC(Oc1ccc(CNC(=O)c2cccnc2Oc2nonc2Cc2ccccc2)c(F)c1)C(=O)OC(C)(C)C. The van der Waals surface area contributed by atoms with Crippen molar-refractivity contribution in [3.8, 4) is 17.5 Å². The number of hydrogen-bond donors (Lipinski definition) is 1. The molecule has 2 aromatic carbocycles. The molecule has 0 fully saturated rings. The van der Waals surface area contributed by atoms with Crippen LogP contribution >= 0.6 is 0 Å². The summed E-state index contributed by atoms with van der Waals surface area (Å²) in [6, 6.07) is 16.8. The van der Waals surface area contributed by atoms with Gasteiger partial charge in [-0.05, 0) is 56.6 Å². The Morgan fingerprint density at radius 3 is 2.52 bits per heavy atom. The van der Waals surface area contributed by atoms with E-state index in [1.165, 1.54) is 31.3 Å². The molecule has 1 N–H and O–H groups in total. The molecule has 0 aliphatic rings. The van der Waals surface area contributed by atoms with Gasteiger partial charge in [0, 0.05) is 30.8 Å². The topological polar surface area (TPSA) is 126 Å². The molecule has 0 aliphatic heterocycles. The van der Waals surface area contributed by atoms with Gasteiger partial charge in [-0.3, -0.25) is 4.79 Å². The number of halogens is 1. The molecular formula is C29H29FN4O6. The zero-order valence-corrected chi connectivity index (χ0v) is 22.5. The minimum absolute atomic E-state index is 0.00892. The minimum Gasteiger partial charge on any atom is -0.479 e. The third-order valence-corrected chi connectivity index (χ3v) is 5.46. The number of benzene rings is 2. The summed E-state index contributed by atoms with van der Waals surface area (Å²) >= 11 is 0. The summed E-state index contributed by atoms with van der Waals surface area (Å²) in [5.41, 5.74) is 1.07. The lowest BCUT2D eigenvalue weighted by Gasteiger charge is -2.22. The number of rotatable bonds is 10. The van der Waals surface area contributed by atoms with E-state index in [0.717, 1.165) is 11.6 Å². The van der Waals surface area contributed by atoms with E-state index < -0.39 is 29.4 Å². The Kier molecular flexibility index (Phi) is 8.73. The number of nitrogens with one attached hydrogen (secondary N) is 1. The summed E-state index contributed by atoms with van der Waals surface area (Å²) in [5.74, 6) is -1.49. The molecule has 4 rings (SSSR count). The van der Waals surface area contributed by atoms with Crippen molar-refractivity contribution in [1.29, 1.82) is 0 Å². The van der Waals surface area contributed by atoms with Crippen LogP contribution < -0.4 is 14.8 Å². The predicted octanol–water partition coefficient (Wildman–Crippen LogP) is 5.03. The van der Waals surface area contributed by atoms with Crippen molar-refractivity contribution in [2.75, 3.05) is 0 Å². The first-order chi connectivity index (χ1) is 19.1. The third kappa shape index (κ3) is 7.62. The average Bonchev–Trinajstić information content (AvgIpc) is 3.34. The van der Waals surface area contributed by atoms with E-state index in [-0.39, 0.29) is 35.2 Å². The Morgan fingerprint density at radius 1 is 1.02 bits per heavy atom. The number of aromatic nitrogens is 3. The van der Waals surface area contributed by atoms with Crippen LogP contribution in [0.4, 0.5) is 4.39 Å². The summed E-state index contributed by atoms with van der Waals surface area (Å²) in [4.78, 5) is 29.3. The smallest absolute Gasteiger partial charge is 0.347 e. The van der Waals surface area contributed by atoms with Crippen LogP contribution in [0.5, 0.6) is 17.5 Å². The second-order valence-corrected chi connectivity index (χ2v) is 9.87. The maximum absolute atomic E-state index is 14.8. The number of carbonyl (C=O) groups is 2. The highest BCUT2D eigenvalue weighted by Crippen LogP contribution is 2.26. The third-order valence-electron chi connectivity index (χ3n) is 5.46. The Hall–Kier alpha value is -4.80. The number of amides is 1. The van der Waals surface area contributed by atoms with Gasteiger partial charge in [0.05, 0.1) is 0 Å². The first-order valence-corrected chi connectivity index (χ1v) is 12.5. The first kappa shape index (κ1) is 28.2. The molecular weight excluding hydrogens is 519 g/mol. The molecule has 2 aromatic heterocycles. The zero-order valence-electron chi connectivity index (χ0n) is 22.5. The van der Waals surface area contributed by atoms with Crippen molar-refractivity contribution >= 4 is 11.9 Å². The second kappa shape index (κ2) is 12.4. The molecule has 0 saturated heterocycles. The molecule has 10 nitrogen and oxygen atoms in total. The van der Waals surface area contributed by atoms with Crippen molar-refractivity contribution in [1.82, 2.24) is 20.6 Å². The van der Waals surface area contributed by atoms with Gasteiger partial charge in [-0.1, -0.05) is 41.6 Å². The lowest BCUT2D eigenvalue weighted by molar-refractivity contribution is -0.162. The standard InChI is InChI=1S/C29H29FN4O6/c1-18(28(36)39-29(2,3)4)37-21-13-12-20(23(30)16-21)17-32-25(35)22-11-8-14-31-26(22)38-27-24(33-40-34-27)15-19-9-6-5-7-10-19/h5-14,16,18H,15,17H2,1-4H3,(H,32,35). The molecule has 40 heavy (non-hydrogen) atoms. The predicted molar refractivity (Wildman–Crippen MR) is 141 cm³/mol. The number of carbonyl (C=O) groups excluding carboxylic acids is 2. The molecule has 2 heterocycles. The Balaban J connectivity index is 1.39. The van der Waals surface area contributed by atoms with Crippen LogP contribution in [0.25, 0.3) is 0 Å². The van der Waals surface area contributed by atoms with Crippen LogP contribution in [0.3, 0.4) is 0 Å². The van der Waals surface area contributed by atoms with E-state index in [9.17, 15) is 14.0 Å². The number of esters is 1. The average molecular weight is 549 g/mol. The lowest BCUT2D eigenvalue weighted by atomic mass is 10.1. The maximum Gasteiger partial charge on any atom is 0.347 e. The normalized spacial score (nSPS) is 11.9. The van der Waals surface area contributed by atoms with Crippen LogP contribution in [-0.2, 0) is 22.5 Å². The van der Waals surface area contributed by atoms with E-state index in [1.807, 2.05) is 30.3 Å². The van der Waals surface area contributed by atoms with Gasteiger partial charge in [-0.25, -0.2) is 18.8 Å². The maximum atomic E-state index is 14.8. The summed E-state index contributed by atoms with van der Waals surface area (Å²) < 4.78 is 36.2. The summed E-state index contributed by atoms with van der Waals surface area (Å²) in [6.07, 6.45) is 0.942. The molecule has 0 bridgehead atoms. The van der Waals surface area contributed by atoms with Crippen LogP contribution in [0.2, 0.25) is 0 Å². The zero-order chi connectivity index (χ0) is 28.7.